The van der Waals surface area contributed by atoms with Gasteiger partial charge in [0.05, 0.1) is 12.2 Å². The largest absolute Gasteiger partial charge is 0.421 e. The van der Waals surface area contributed by atoms with Crippen molar-refractivity contribution in [2.24, 2.45) is 0 Å². The Bertz CT molecular complexity index is 926. The molecule has 3 rings (SSSR count). The molecule has 7 nitrogen and oxygen atoms in total. The van der Waals surface area contributed by atoms with Crippen molar-refractivity contribution in [3.8, 4) is 11.5 Å². The number of halogens is 1. The van der Waals surface area contributed by atoms with Gasteiger partial charge < -0.3 is 14.6 Å². The summed E-state index contributed by atoms with van der Waals surface area (Å²) in [5.74, 6) is 0.401. The zero-order chi connectivity index (χ0) is 19.2. The fraction of sp³-hybridized carbons (Fsp3) is 0.222. The van der Waals surface area contributed by atoms with Gasteiger partial charge in [0.25, 0.3) is 0 Å². The number of nitrogens with zero attached hydrogens (tertiary/aromatic N) is 3. The highest BCUT2D eigenvalue weighted by Crippen LogP contribution is 2.22. The number of carbonyl (C=O) groups is 2. The molecule has 0 radical (unpaired) electrons. The van der Waals surface area contributed by atoms with Gasteiger partial charge in [-0.2, -0.15) is 11.3 Å². The molecule has 9 heteroatoms. The minimum atomic E-state index is -0.268. The van der Waals surface area contributed by atoms with E-state index in [1.165, 1.54) is 4.90 Å². The second kappa shape index (κ2) is 8.92. The Kier molecular flexibility index (Phi) is 6.36. The monoisotopic (exact) mass is 448 g/mol. The second-order valence-corrected chi connectivity index (χ2v) is 7.43. The predicted octanol–water partition coefficient (Wildman–Crippen LogP) is 3.59. The molecule has 0 saturated heterocycles. The Balaban J connectivity index is 1.48. The number of hydrogen-bond acceptors (Lipinski definition) is 6. The highest BCUT2D eigenvalue weighted by molar-refractivity contribution is 9.10. The van der Waals surface area contributed by atoms with Crippen LogP contribution in [0.15, 0.2) is 50.0 Å². The summed E-state index contributed by atoms with van der Waals surface area (Å²) in [6.07, 6.45) is 0.510. The summed E-state index contributed by atoms with van der Waals surface area (Å²) >= 11 is 4.91. The molecule has 1 N–H and O–H groups in total. The van der Waals surface area contributed by atoms with E-state index in [0.29, 0.717) is 23.9 Å². The zero-order valence-electron chi connectivity index (χ0n) is 14.5. The topological polar surface area (TPSA) is 88.3 Å². The molecule has 0 unspecified atom stereocenters. The van der Waals surface area contributed by atoms with Gasteiger partial charge in [-0.25, -0.2) is 0 Å². The van der Waals surface area contributed by atoms with E-state index in [1.54, 1.807) is 24.5 Å². The lowest BCUT2D eigenvalue weighted by molar-refractivity contribution is -0.133. The van der Waals surface area contributed by atoms with Crippen LogP contribution in [0.1, 0.15) is 12.3 Å². The molecule has 0 saturated carbocycles. The number of benzene rings is 1. The molecule has 2 amide bonds. The summed E-state index contributed by atoms with van der Waals surface area (Å²) in [7, 11) is 1.59. The van der Waals surface area contributed by atoms with Gasteiger partial charge in [-0.15, -0.1) is 10.2 Å². The summed E-state index contributed by atoms with van der Waals surface area (Å²) in [4.78, 5) is 25.8. The number of aromatic nitrogens is 2. The van der Waals surface area contributed by atoms with Crippen molar-refractivity contribution in [1.29, 1.82) is 0 Å². The maximum absolute atomic E-state index is 12.3. The third kappa shape index (κ3) is 5.24. The van der Waals surface area contributed by atoms with Gasteiger partial charge in [0.15, 0.2) is 0 Å². The average molecular weight is 449 g/mol. The molecule has 27 heavy (non-hydrogen) atoms. The number of carbonyl (C=O) groups excluding carboxylic acids is 2. The Hall–Kier alpha value is -2.52. The lowest BCUT2D eigenvalue weighted by atomic mass is 10.2. The van der Waals surface area contributed by atoms with Gasteiger partial charge in [-0.1, -0.05) is 12.1 Å². The molecule has 140 valence electrons. The molecule has 0 atom stereocenters. The fourth-order valence-electron chi connectivity index (χ4n) is 2.32. The first-order chi connectivity index (χ1) is 13.0. The zero-order valence-corrected chi connectivity index (χ0v) is 16.9. The lowest BCUT2D eigenvalue weighted by Crippen LogP contribution is -2.35. The normalized spacial score (nSPS) is 10.6. The number of anilines is 1. The highest BCUT2D eigenvalue weighted by Gasteiger charge is 2.16. The van der Waals surface area contributed by atoms with Crippen LogP contribution in [-0.2, 0) is 16.0 Å². The number of hydrogen-bond donors (Lipinski definition) is 1. The summed E-state index contributed by atoms with van der Waals surface area (Å²) in [6.45, 7) is -0.0375. The van der Waals surface area contributed by atoms with E-state index in [4.69, 9.17) is 4.42 Å². The average Bonchev–Trinajstić information content (AvgIpc) is 3.33. The molecule has 0 aliphatic rings. The smallest absolute Gasteiger partial charge is 0.248 e. The molecule has 2 heterocycles. The van der Waals surface area contributed by atoms with Gasteiger partial charge in [-0.3, -0.25) is 9.59 Å². The molecular formula is C18H17BrN4O3S. The SMILES string of the molecule is CN(CC(=O)Nc1ccccc1Br)C(=O)CCc1nnc(-c2ccsc2)o1. The summed E-state index contributed by atoms with van der Waals surface area (Å²) in [6, 6.07) is 9.19. The van der Waals surface area contributed by atoms with Crippen LogP contribution in [0.4, 0.5) is 5.69 Å². The summed E-state index contributed by atoms with van der Waals surface area (Å²) in [5, 5.41) is 14.6. The number of para-hydroxylation sites is 1. The number of aryl methyl sites for hydroxylation is 1. The number of amides is 2. The first-order valence-electron chi connectivity index (χ1n) is 8.16. The van der Waals surface area contributed by atoms with Crippen LogP contribution in [-0.4, -0.2) is 40.5 Å². The number of thiophene rings is 1. The van der Waals surface area contributed by atoms with Crippen molar-refractivity contribution in [3.63, 3.8) is 0 Å². The Labute approximate surface area is 168 Å². The Morgan fingerprint density at radius 3 is 2.81 bits per heavy atom. The van der Waals surface area contributed by atoms with Crippen molar-refractivity contribution in [2.45, 2.75) is 12.8 Å². The van der Waals surface area contributed by atoms with Crippen LogP contribution in [0, 0.1) is 0 Å². The van der Waals surface area contributed by atoms with E-state index in [-0.39, 0.29) is 24.8 Å². The third-order valence-electron chi connectivity index (χ3n) is 3.74. The van der Waals surface area contributed by atoms with Crippen LogP contribution in [0.2, 0.25) is 0 Å². The summed E-state index contributed by atoms with van der Waals surface area (Å²) in [5.41, 5.74) is 1.53. The first kappa shape index (κ1) is 19.2. The maximum atomic E-state index is 12.3. The molecule has 0 aliphatic heterocycles. The quantitative estimate of drug-likeness (QED) is 0.596. The van der Waals surface area contributed by atoms with E-state index >= 15 is 0 Å². The Morgan fingerprint density at radius 1 is 1.26 bits per heavy atom. The number of likely N-dealkylation sites (N-methyl/N-ethyl adjacent to an activating group) is 1. The molecular weight excluding hydrogens is 432 g/mol. The fourth-order valence-corrected chi connectivity index (χ4v) is 3.33. The van der Waals surface area contributed by atoms with Crippen molar-refractivity contribution in [1.82, 2.24) is 15.1 Å². The molecule has 1 aromatic carbocycles. The molecule has 0 spiro atoms. The van der Waals surface area contributed by atoms with Gasteiger partial charge >= 0.3 is 0 Å². The highest BCUT2D eigenvalue weighted by atomic mass is 79.9. The number of nitrogens with one attached hydrogen (secondary N) is 1. The molecule has 0 aliphatic carbocycles. The third-order valence-corrected chi connectivity index (χ3v) is 5.12. The molecule has 2 aromatic heterocycles. The van der Waals surface area contributed by atoms with Crippen molar-refractivity contribution in [2.75, 3.05) is 18.9 Å². The van der Waals surface area contributed by atoms with Crippen molar-refractivity contribution < 1.29 is 14.0 Å². The van der Waals surface area contributed by atoms with E-state index in [1.807, 2.05) is 35.0 Å². The molecule has 0 fully saturated rings. The minimum absolute atomic E-state index is 0.0375. The molecule has 0 bridgehead atoms. The minimum Gasteiger partial charge on any atom is -0.421 e. The second-order valence-electron chi connectivity index (χ2n) is 5.79. The number of rotatable bonds is 7. The van der Waals surface area contributed by atoms with Crippen LogP contribution in [0.5, 0.6) is 0 Å². The maximum Gasteiger partial charge on any atom is 0.248 e. The van der Waals surface area contributed by atoms with Crippen LogP contribution < -0.4 is 5.32 Å². The van der Waals surface area contributed by atoms with Crippen LogP contribution in [0.25, 0.3) is 11.5 Å². The summed E-state index contributed by atoms with van der Waals surface area (Å²) < 4.78 is 6.34. The van der Waals surface area contributed by atoms with Crippen molar-refractivity contribution >= 4 is 44.8 Å². The van der Waals surface area contributed by atoms with Crippen LogP contribution in [0.3, 0.4) is 0 Å². The lowest BCUT2D eigenvalue weighted by Gasteiger charge is -2.16. The first-order valence-corrected chi connectivity index (χ1v) is 9.90. The standard InChI is InChI=1S/C18H17BrN4O3S/c1-23(10-15(24)20-14-5-3-2-4-13(14)19)17(25)7-6-16-21-22-18(26-16)12-8-9-27-11-12/h2-5,8-9,11H,6-7,10H2,1H3,(H,20,24). The van der Waals surface area contributed by atoms with E-state index in [0.717, 1.165) is 10.0 Å². The van der Waals surface area contributed by atoms with Gasteiger partial charge in [0, 0.05) is 35.3 Å². The predicted molar refractivity (Wildman–Crippen MR) is 106 cm³/mol. The van der Waals surface area contributed by atoms with Gasteiger partial charge in [-0.05, 0) is 39.5 Å². The Morgan fingerprint density at radius 2 is 2.07 bits per heavy atom. The van der Waals surface area contributed by atoms with E-state index in [9.17, 15) is 9.59 Å². The molecule has 3 aromatic rings. The van der Waals surface area contributed by atoms with Crippen molar-refractivity contribution in [3.05, 3.63) is 51.5 Å². The van der Waals surface area contributed by atoms with E-state index in [2.05, 4.69) is 31.4 Å². The van der Waals surface area contributed by atoms with E-state index < -0.39 is 0 Å². The van der Waals surface area contributed by atoms with Crippen LogP contribution >= 0.6 is 27.3 Å². The van der Waals surface area contributed by atoms with Gasteiger partial charge in [0.2, 0.25) is 23.6 Å². The van der Waals surface area contributed by atoms with Gasteiger partial charge in [0.1, 0.15) is 0 Å².